The Morgan fingerprint density at radius 1 is 1.10 bits per heavy atom. The summed E-state index contributed by atoms with van der Waals surface area (Å²) >= 11 is 0. The van der Waals surface area contributed by atoms with Crippen LogP contribution in [-0.2, 0) is 6.42 Å². The number of hydrogen-bond acceptors (Lipinski definition) is 6. The lowest BCUT2D eigenvalue weighted by Gasteiger charge is -2.10. The summed E-state index contributed by atoms with van der Waals surface area (Å²) in [7, 11) is 3.25. The van der Waals surface area contributed by atoms with E-state index < -0.39 is 0 Å². The molecule has 20 heavy (non-hydrogen) atoms. The van der Waals surface area contributed by atoms with Gasteiger partial charge in [0.25, 0.3) is 0 Å². The first-order valence-corrected chi connectivity index (χ1v) is 6.25. The number of benzene rings is 1. The van der Waals surface area contributed by atoms with Crippen LogP contribution < -0.4 is 20.5 Å². The van der Waals surface area contributed by atoms with Gasteiger partial charge in [-0.15, -0.1) is 0 Å². The van der Waals surface area contributed by atoms with Crippen LogP contribution in [0.2, 0.25) is 0 Å². The van der Waals surface area contributed by atoms with Crippen LogP contribution in [0.3, 0.4) is 0 Å². The minimum Gasteiger partial charge on any atom is -0.493 e. The first kappa shape index (κ1) is 13.9. The van der Waals surface area contributed by atoms with Gasteiger partial charge in [-0.1, -0.05) is 6.07 Å². The monoisotopic (exact) mass is 274 g/mol. The smallest absolute Gasteiger partial charge is 0.222 e. The fourth-order valence-corrected chi connectivity index (χ4v) is 1.78. The van der Waals surface area contributed by atoms with Gasteiger partial charge in [0.05, 0.1) is 32.3 Å². The molecule has 0 aliphatic rings. The average molecular weight is 274 g/mol. The number of nitrogens with zero attached hydrogens (tertiary/aromatic N) is 2. The van der Waals surface area contributed by atoms with Crippen LogP contribution in [0.25, 0.3) is 0 Å². The quantitative estimate of drug-likeness (QED) is 0.834. The molecular formula is C14H18N4O2. The molecule has 1 aromatic carbocycles. The van der Waals surface area contributed by atoms with Crippen molar-refractivity contribution in [2.75, 3.05) is 31.8 Å². The van der Waals surface area contributed by atoms with Gasteiger partial charge in [-0.2, -0.15) is 0 Å². The zero-order valence-electron chi connectivity index (χ0n) is 11.6. The third kappa shape index (κ3) is 3.50. The standard InChI is InChI=1S/C14H18N4O2/c1-19-12-4-3-10(7-13(12)20-2)5-6-16-14-17-8-11(15)9-18-14/h3-4,7-9H,5-6,15H2,1-2H3,(H,16,17,18). The predicted octanol–water partition coefficient (Wildman–Crippen LogP) is 1.73. The molecule has 3 N–H and O–H groups in total. The molecule has 0 aliphatic carbocycles. The Hall–Kier alpha value is -2.50. The van der Waals surface area contributed by atoms with Crippen molar-refractivity contribution in [1.82, 2.24) is 9.97 Å². The molecule has 6 heteroatoms. The van der Waals surface area contributed by atoms with E-state index >= 15 is 0 Å². The summed E-state index contributed by atoms with van der Waals surface area (Å²) in [6.45, 7) is 0.722. The van der Waals surface area contributed by atoms with Gasteiger partial charge in [0.1, 0.15) is 0 Å². The largest absolute Gasteiger partial charge is 0.493 e. The predicted molar refractivity (Wildman–Crippen MR) is 78.2 cm³/mol. The van der Waals surface area contributed by atoms with E-state index in [1.807, 2.05) is 18.2 Å². The van der Waals surface area contributed by atoms with Crippen molar-refractivity contribution in [2.45, 2.75) is 6.42 Å². The van der Waals surface area contributed by atoms with Crippen molar-refractivity contribution in [2.24, 2.45) is 0 Å². The molecule has 0 amide bonds. The highest BCUT2D eigenvalue weighted by Gasteiger charge is 2.04. The molecule has 0 aliphatic heterocycles. The van der Waals surface area contributed by atoms with Crippen LogP contribution >= 0.6 is 0 Å². The highest BCUT2D eigenvalue weighted by Crippen LogP contribution is 2.27. The molecule has 1 heterocycles. The van der Waals surface area contributed by atoms with Gasteiger partial charge in [-0.25, -0.2) is 9.97 Å². The summed E-state index contributed by atoms with van der Waals surface area (Å²) in [6.07, 6.45) is 3.98. The van der Waals surface area contributed by atoms with Crippen molar-refractivity contribution in [1.29, 1.82) is 0 Å². The highest BCUT2D eigenvalue weighted by atomic mass is 16.5. The van der Waals surface area contributed by atoms with Crippen molar-refractivity contribution >= 4 is 11.6 Å². The van der Waals surface area contributed by atoms with E-state index in [9.17, 15) is 0 Å². The SMILES string of the molecule is COc1ccc(CCNc2ncc(N)cn2)cc1OC. The zero-order chi connectivity index (χ0) is 14.4. The molecule has 0 radical (unpaired) electrons. The topological polar surface area (TPSA) is 82.3 Å². The van der Waals surface area contributed by atoms with Gasteiger partial charge in [-0.3, -0.25) is 0 Å². The van der Waals surface area contributed by atoms with E-state index in [0.29, 0.717) is 11.6 Å². The maximum atomic E-state index is 5.53. The number of nitrogen functional groups attached to an aromatic ring is 1. The maximum absolute atomic E-state index is 5.53. The number of anilines is 2. The summed E-state index contributed by atoms with van der Waals surface area (Å²) in [5, 5.41) is 3.14. The van der Waals surface area contributed by atoms with Gasteiger partial charge < -0.3 is 20.5 Å². The lowest BCUT2D eigenvalue weighted by molar-refractivity contribution is 0.354. The van der Waals surface area contributed by atoms with E-state index in [2.05, 4.69) is 15.3 Å². The third-order valence-corrected chi connectivity index (χ3v) is 2.82. The van der Waals surface area contributed by atoms with Crippen molar-refractivity contribution in [3.63, 3.8) is 0 Å². The van der Waals surface area contributed by atoms with E-state index in [4.69, 9.17) is 15.2 Å². The Bertz CT molecular complexity index is 558. The molecule has 6 nitrogen and oxygen atoms in total. The molecule has 0 fully saturated rings. The molecule has 2 aromatic rings. The van der Waals surface area contributed by atoms with Gasteiger partial charge >= 0.3 is 0 Å². The molecule has 0 saturated carbocycles. The summed E-state index contributed by atoms with van der Waals surface area (Å²) in [5.74, 6) is 2.03. The second-order valence-corrected chi connectivity index (χ2v) is 4.21. The Kier molecular flexibility index (Phi) is 4.60. The molecular weight excluding hydrogens is 256 g/mol. The summed E-state index contributed by atoms with van der Waals surface area (Å²) in [5.41, 5.74) is 7.22. The van der Waals surface area contributed by atoms with E-state index in [1.54, 1.807) is 26.6 Å². The van der Waals surface area contributed by atoms with Crippen molar-refractivity contribution in [3.05, 3.63) is 36.2 Å². The van der Waals surface area contributed by atoms with E-state index in [-0.39, 0.29) is 0 Å². The van der Waals surface area contributed by atoms with E-state index in [1.165, 1.54) is 0 Å². The van der Waals surface area contributed by atoms with Gasteiger partial charge in [-0.05, 0) is 24.1 Å². The molecule has 0 atom stereocenters. The normalized spacial score (nSPS) is 10.1. The number of nitrogens with two attached hydrogens (primary N) is 1. The van der Waals surface area contributed by atoms with Crippen molar-refractivity contribution < 1.29 is 9.47 Å². The third-order valence-electron chi connectivity index (χ3n) is 2.82. The lowest BCUT2D eigenvalue weighted by Crippen LogP contribution is -2.08. The van der Waals surface area contributed by atoms with Crippen molar-refractivity contribution in [3.8, 4) is 11.5 Å². The molecule has 1 aromatic heterocycles. The second kappa shape index (κ2) is 6.60. The first-order valence-electron chi connectivity index (χ1n) is 6.25. The van der Waals surface area contributed by atoms with Gasteiger partial charge in [0.15, 0.2) is 11.5 Å². The number of nitrogens with one attached hydrogen (secondary N) is 1. The number of ether oxygens (including phenoxy) is 2. The molecule has 2 rings (SSSR count). The highest BCUT2D eigenvalue weighted by molar-refractivity contribution is 5.43. The Morgan fingerprint density at radius 3 is 2.45 bits per heavy atom. The van der Waals surface area contributed by atoms with Crippen LogP contribution in [0.4, 0.5) is 11.6 Å². The second-order valence-electron chi connectivity index (χ2n) is 4.21. The molecule has 0 saturated heterocycles. The van der Waals surface area contributed by atoms with Gasteiger partial charge in [0.2, 0.25) is 5.95 Å². The minimum atomic E-state index is 0.551. The average Bonchev–Trinajstić information content (AvgIpc) is 2.49. The van der Waals surface area contributed by atoms with Crippen LogP contribution in [0, 0.1) is 0 Å². The molecule has 0 bridgehead atoms. The number of aromatic nitrogens is 2. The van der Waals surface area contributed by atoms with Crippen LogP contribution in [0.15, 0.2) is 30.6 Å². The molecule has 0 spiro atoms. The zero-order valence-corrected chi connectivity index (χ0v) is 11.6. The minimum absolute atomic E-state index is 0.551. The summed E-state index contributed by atoms with van der Waals surface area (Å²) in [6, 6.07) is 5.87. The fourth-order valence-electron chi connectivity index (χ4n) is 1.78. The molecule has 0 unspecified atom stereocenters. The van der Waals surface area contributed by atoms with Crippen LogP contribution in [0.1, 0.15) is 5.56 Å². The fraction of sp³-hybridized carbons (Fsp3) is 0.286. The van der Waals surface area contributed by atoms with Crippen LogP contribution in [0.5, 0.6) is 11.5 Å². The Balaban J connectivity index is 1.92. The summed E-state index contributed by atoms with van der Waals surface area (Å²) in [4.78, 5) is 8.16. The van der Waals surface area contributed by atoms with E-state index in [0.717, 1.165) is 30.0 Å². The molecule has 106 valence electrons. The Labute approximate surface area is 118 Å². The number of hydrogen-bond donors (Lipinski definition) is 2. The Morgan fingerprint density at radius 2 is 1.80 bits per heavy atom. The maximum Gasteiger partial charge on any atom is 0.222 e. The van der Waals surface area contributed by atoms with Crippen LogP contribution in [-0.4, -0.2) is 30.7 Å². The van der Waals surface area contributed by atoms with Gasteiger partial charge in [0, 0.05) is 6.54 Å². The number of rotatable bonds is 6. The lowest BCUT2D eigenvalue weighted by atomic mass is 10.1. The number of methoxy groups -OCH3 is 2. The first-order chi connectivity index (χ1) is 9.72. The summed E-state index contributed by atoms with van der Waals surface area (Å²) < 4.78 is 10.5.